The zero-order valence-electron chi connectivity index (χ0n) is 15.9. The number of rotatable bonds is 5. The average Bonchev–Trinajstić information content (AvgIpc) is 2.68. The summed E-state index contributed by atoms with van der Waals surface area (Å²) in [5.41, 5.74) is 8.12. The lowest BCUT2D eigenvalue weighted by Gasteiger charge is -2.36. The van der Waals surface area contributed by atoms with E-state index in [1.165, 1.54) is 0 Å². The summed E-state index contributed by atoms with van der Waals surface area (Å²) in [4.78, 5) is 25.0. The average molecular weight is 401 g/mol. The Balaban J connectivity index is 1.43. The Hall–Kier alpha value is -2.80. The van der Waals surface area contributed by atoms with Gasteiger partial charge in [-0.15, -0.1) is 0 Å². The van der Waals surface area contributed by atoms with E-state index in [0.717, 1.165) is 42.6 Å². The molecule has 1 aromatic heterocycles. The van der Waals surface area contributed by atoms with E-state index < -0.39 is 0 Å². The van der Waals surface area contributed by atoms with Crippen LogP contribution in [0, 0.1) is 6.92 Å². The van der Waals surface area contributed by atoms with E-state index in [1.54, 1.807) is 6.07 Å². The number of guanidine groups is 1. The first-order valence-electron chi connectivity index (χ1n) is 9.30. The van der Waals surface area contributed by atoms with Crippen LogP contribution in [0.3, 0.4) is 0 Å². The van der Waals surface area contributed by atoms with Crippen molar-refractivity contribution in [2.24, 2.45) is 10.7 Å². The van der Waals surface area contributed by atoms with Gasteiger partial charge in [-0.05, 0) is 43.3 Å². The third-order valence-corrected chi connectivity index (χ3v) is 4.82. The first-order chi connectivity index (χ1) is 13.5. The van der Waals surface area contributed by atoms with Crippen molar-refractivity contribution in [3.8, 4) is 0 Å². The summed E-state index contributed by atoms with van der Waals surface area (Å²) in [5.74, 6) is 0.916. The second-order valence-electron chi connectivity index (χ2n) is 6.65. The van der Waals surface area contributed by atoms with Crippen LogP contribution in [-0.4, -0.2) is 54.5 Å². The molecule has 3 rings (SSSR count). The first-order valence-corrected chi connectivity index (χ1v) is 9.68. The molecule has 148 valence electrons. The van der Waals surface area contributed by atoms with Gasteiger partial charge in [0.15, 0.2) is 5.96 Å². The molecule has 1 amide bonds. The van der Waals surface area contributed by atoms with Gasteiger partial charge in [0.05, 0.1) is 6.54 Å². The minimum Gasteiger partial charge on any atom is -0.370 e. The number of benzene rings is 1. The molecule has 0 radical (unpaired) electrons. The van der Waals surface area contributed by atoms with Gasteiger partial charge in [-0.25, -0.2) is 4.98 Å². The number of piperazine rings is 1. The molecule has 1 saturated heterocycles. The summed E-state index contributed by atoms with van der Waals surface area (Å²) >= 11 is 5.95. The van der Waals surface area contributed by atoms with Gasteiger partial charge in [0.25, 0.3) is 0 Å². The molecule has 7 nitrogen and oxygen atoms in total. The number of nitrogens with two attached hydrogens (primary N) is 1. The lowest BCUT2D eigenvalue weighted by Crippen LogP contribution is -2.51. The highest BCUT2D eigenvalue weighted by Crippen LogP contribution is 2.19. The van der Waals surface area contributed by atoms with E-state index in [0.29, 0.717) is 18.3 Å². The quantitative estimate of drug-likeness (QED) is 0.594. The predicted octanol–water partition coefficient (Wildman–Crippen LogP) is 2.51. The molecule has 0 atom stereocenters. The monoisotopic (exact) mass is 400 g/mol. The SMILES string of the molecule is Cc1cccc(NC(=O)CCN=C(N)N2CCN(c3ccc(Cl)cc3)CC2)n1. The Morgan fingerprint density at radius 3 is 2.57 bits per heavy atom. The zero-order chi connectivity index (χ0) is 19.9. The van der Waals surface area contributed by atoms with Crippen molar-refractivity contribution in [2.75, 3.05) is 42.9 Å². The van der Waals surface area contributed by atoms with Crippen molar-refractivity contribution in [1.82, 2.24) is 9.88 Å². The zero-order valence-corrected chi connectivity index (χ0v) is 16.7. The van der Waals surface area contributed by atoms with Gasteiger partial charge in [-0.3, -0.25) is 9.79 Å². The molecule has 2 heterocycles. The third kappa shape index (κ3) is 5.60. The van der Waals surface area contributed by atoms with E-state index in [2.05, 4.69) is 20.2 Å². The number of nitrogens with one attached hydrogen (secondary N) is 1. The highest BCUT2D eigenvalue weighted by atomic mass is 35.5. The fourth-order valence-corrected chi connectivity index (χ4v) is 3.16. The molecule has 3 N–H and O–H groups in total. The van der Waals surface area contributed by atoms with E-state index >= 15 is 0 Å². The second kappa shape index (κ2) is 9.41. The van der Waals surface area contributed by atoms with Crippen LogP contribution in [-0.2, 0) is 4.79 Å². The number of carbonyl (C=O) groups excluding carboxylic acids is 1. The lowest BCUT2D eigenvalue weighted by molar-refractivity contribution is -0.116. The van der Waals surface area contributed by atoms with E-state index in [4.69, 9.17) is 17.3 Å². The minimum absolute atomic E-state index is 0.123. The van der Waals surface area contributed by atoms with Crippen LogP contribution >= 0.6 is 11.6 Å². The third-order valence-electron chi connectivity index (χ3n) is 4.56. The number of amides is 1. The molecule has 0 aliphatic carbocycles. The van der Waals surface area contributed by atoms with Crippen LogP contribution in [0.15, 0.2) is 47.5 Å². The van der Waals surface area contributed by atoms with Crippen molar-refractivity contribution in [1.29, 1.82) is 0 Å². The Morgan fingerprint density at radius 1 is 1.18 bits per heavy atom. The highest BCUT2D eigenvalue weighted by Gasteiger charge is 2.18. The van der Waals surface area contributed by atoms with Crippen LogP contribution in [0.5, 0.6) is 0 Å². The normalized spacial score (nSPS) is 14.9. The smallest absolute Gasteiger partial charge is 0.227 e. The number of halogens is 1. The van der Waals surface area contributed by atoms with Crippen LogP contribution in [0.2, 0.25) is 5.02 Å². The summed E-state index contributed by atoms with van der Waals surface area (Å²) in [7, 11) is 0. The molecule has 1 aliphatic rings. The molecular formula is C20H25ClN6O. The molecular weight excluding hydrogens is 376 g/mol. The lowest BCUT2D eigenvalue weighted by atomic mass is 10.2. The number of aryl methyl sites for hydroxylation is 1. The van der Waals surface area contributed by atoms with Crippen LogP contribution in [0.25, 0.3) is 0 Å². The van der Waals surface area contributed by atoms with Crippen molar-refractivity contribution in [2.45, 2.75) is 13.3 Å². The standard InChI is InChI=1S/C20H25ClN6O/c1-15-3-2-4-18(24-15)25-19(28)9-10-23-20(22)27-13-11-26(12-14-27)17-7-5-16(21)6-8-17/h2-8H,9-14H2,1H3,(H2,22,23)(H,24,25,28). The topological polar surface area (TPSA) is 86.8 Å². The molecule has 1 aliphatic heterocycles. The first kappa shape index (κ1) is 19.9. The number of aliphatic imine (C=N–C) groups is 1. The van der Waals surface area contributed by atoms with Crippen LogP contribution < -0.4 is 16.0 Å². The van der Waals surface area contributed by atoms with E-state index in [9.17, 15) is 4.79 Å². The summed E-state index contributed by atoms with van der Waals surface area (Å²) < 4.78 is 0. The fraction of sp³-hybridized carbons (Fsp3) is 0.350. The van der Waals surface area contributed by atoms with Crippen LogP contribution in [0.4, 0.5) is 11.5 Å². The number of aromatic nitrogens is 1. The number of pyridine rings is 1. The molecule has 28 heavy (non-hydrogen) atoms. The van der Waals surface area contributed by atoms with Crippen molar-refractivity contribution in [3.63, 3.8) is 0 Å². The van der Waals surface area contributed by atoms with Gasteiger partial charge >= 0.3 is 0 Å². The molecule has 0 saturated carbocycles. The van der Waals surface area contributed by atoms with Gasteiger partial charge in [0.1, 0.15) is 5.82 Å². The highest BCUT2D eigenvalue weighted by molar-refractivity contribution is 6.30. The fourth-order valence-electron chi connectivity index (χ4n) is 3.04. The number of hydrogen-bond acceptors (Lipinski definition) is 4. The van der Waals surface area contributed by atoms with Crippen molar-refractivity contribution < 1.29 is 4.79 Å². The van der Waals surface area contributed by atoms with Gasteiger partial charge < -0.3 is 20.9 Å². The molecule has 0 spiro atoms. The summed E-state index contributed by atoms with van der Waals surface area (Å²) in [6.07, 6.45) is 0.265. The molecule has 1 aromatic carbocycles. The van der Waals surface area contributed by atoms with Gasteiger partial charge in [0, 0.05) is 49.0 Å². The Morgan fingerprint density at radius 2 is 1.89 bits per heavy atom. The van der Waals surface area contributed by atoms with Gasteiger partial charge in [0.2, 0.25) is 5.91 Å². The maximum atomic E-state index is 12.0. The number of nitrogens with zero attached hydrogens (tertiary/aromatic N) is 4. The Kier molecular flexibility index (Phi) is 6.71. The molecule has 0 unspecified atom stereocenters. The predicted molar refractivity (Wildman–Crippen MR) is 114 cm³/mol. The van der Waals surface area contributed by atoms with Crippen molar-refractivity contribution in [3.05, 3.63) is 53.2 Å². The Bertz CT molecular complexity index is 831. The number of hydrogen-bond donors (Lipinski definition) is 2. The van der Waals surface area contributed by atoms with E-state index in [-0.39, 0.29) is 12.3 Å². The summed E-state index contributed by atoms with van der Waals surface area (Å²) in [5, 5.41) is 3.51. The second-order valence-corrected chi connectivity index (χ2v) is 7.09. The number of anilines is 2. The molecule has 0 bridgehead atoms. The molecule has 8 heteroatoms. The van der Waals surface area contributed by atoms with Gasteiger partial charge in [-0.2, -0.15) is 0 Å². The Labute approximate surface area is 170 Å². The van der Waals surface area contributed by atoms with Crippen molar-refractivity contribution >= 4 is 35.0 Å². The maximum absolute atomic E-state index is 12.0. The summed E-state index contributed by atoms with van der Waals surface area (Å²) in [6.45, 7) is 5.53. The molecule has 2 aromatic rings. The van der Waals surface area contributed by atoms with E-state index in [1.807, 2.05) is 48.2 Å². The number of carbonyl (C=O) groups is 1. The van der Waals surface area contributed by atoms with Crippen LogP contribution in [0.1, 0.15) is 12.1 Å². The minimum atomic E-state index is -0.123. The summed E-state index contributed by atoms with van der Waals surface area (Å²) in [6, 6.07) is 13.4. The van der Waals surface area contributed by atoms with Gasteiger partial charge in [-0.1, -0.05) is 17.7 Å². The maximum Gasteiger partial charge on any atom is 0.227 e. The largest absolute Gasteiger partial charge is 0.370 e. The molecule has 1 fully saturated rings.